The van der Waals surface area contributed by atoms with Crippen molar-refractivity contribution in [1.29, 1.82) is 0 Å². The van der Waals surface area contributed by atoms with E-state index in [0.29, 0.717) is 5.82 Å². The highest BCUT2D eigenvalue weighted by Crippen LogP contribution is 2.19. The number of unbranched alkanes of at least 4 members (excludes halogenated alkanes) is 2. The van der Waals surface area contributed by atoms with Gasteiger partial charge in [-0.2, -0.15) is 0 Å². The fourth-order valence-electron chi connectivity index (χ4n) is 2.91. The minimum absolute atomic E-state index is 0.669. The molecule has 2 heterocycles. The van der Waals surface area contributed by atoms with Crippen LogP contribution in [0.25, 0.3) is 22.8 Å². The molecule has 4 nitrogen and oxygen atoms in total. The number of hydrogen-bond acceptors (Lipinski definition) is 4. The normalized spacial score (nSPS) is 10.8. The fourth-order valence-corrected chi connectivity index (χ4v) is 2.91. The maximum atomic E-state index is 4.50. The molecule has 0 saturated carbocycles. The molecule has 0 radical (unpaired) electrons. The van der Waals surface area contributed by atoms with Crippen molar-refractivity contribution in [1.82, 2.24) is 19.9 Å². The van der Waals surface area contributed by atoms with Crippen LogP contribution in [0.5, 0.6) is 0 Å². The number of aromatic nitrogens is 4. The molecule has 0 atom stereocenters. The molecule has 0 saturated heterocycles. The number of nitrogens with zero attached hydrogens (tertiary/aromatic N) is 4. The molecule has 1 aromatic carbocycles. The Balaban J connectivity index is 1.68. The Bertz CT molecular complexity index is 793. The SMILES string of the molecule is CCCCCc1ccc(-c2ncc(-c3ncc(CCC)cn3)cn2)cc1. The minimum Gasteiger partial charge on any atom is -0.236 e. The zero-order chi connectivity index (χ0) is 18.2. The van der Waals surface area contributed by atoms with Crippen LogP contribution in [0, 0.1) is 0 Å². The van der Waals surface area contributed by atoms with Crippen LogP contribution in [-0.4, -0.2) is 19.9 Å². The average Bonchev–Trinajstić information content (AvgIpc) is 2.70. The molecule has 0 bridgehead atoms. The first-order valence-electron chi connectivity index (χ1n) is 9.52. The molecule has 0 N–H and O–H groups in total. The van der Waals surface area contributed by atoms with Crippen molar-refractivity contribution in [2.45, 2.75) is 52.4 Å². The summed E-state index contributed by atoms with van der Waals surface area (Å²) in [6, 6.07) is 8.56. The number of aryl methyl sites for hydroxylation is 2. The summed E-state index contributed by atoms with van der Waals surface area (Å²) in [5.41, 5.74) is 4.41. The van der Waals surface area contributed by atoms with E-state index in [2.05, 4.69) is 58.0 Å². The van der Waals surface area contributed by atoms with Gasteiger partial charge in [0.15, 0.2) is 11.6 Å². The van der Waals surface area contributed by atoms with Crippen LogP contribution in [-0.2, 0) is 12.8 Å². The summed E-state index contributed by atoms with van der Waals surface area (Å²) >= 11 is 0. The van der Waals surface area contributed by atoms with Gasteiger partial charge in [0, 0.05) is 30.4 Å². The van der Waals surface area contributed by atoms with Gasteiger partial charge in [-0.05, 0) is 30.4 Å². The molecule has 26 heavy (non-hydrogen) atoms. The summed E-state index contributed by atoms with van der Waals surface area (Å²) in [5.74, 6) is 1.40. The molecular weight excluding hydrogens is 320 g/mol. The largest absolute Gasteiger partial charge is 0.236 e. The second-order valence-corrected chi connectivity index (χ2v) is 6.61. The third kappa shape index (κ3) is 4.72. The third-order valence-electron chi connectivity index (χ3n) is 4.44. The van der Waals surface area contributed by atoms with Crippen LogP contribution in [0.1, 0.15) is 50.7 Å². The predicted octanol–water partition coefficient (Wildman–Crippen LogP) is 5.29. The van der Waals surface area contributed by atoms with Crippen LogP contribution in [0.15, 0.2) is 49.1 Å². The zero-order valence-electron chi connectivity index (χ0n) is 15.7. The van der Waals surface area contributed by atoms with Crippen LogP contribution >= 0.6 is 0 Å². The number of hydrogen-bond donors (Lipinski definition) is 0. The Morgan fingerprint density at radius 3 is 1.81 bits per heavy atom. The molecule has 0 fully saturated rings. The Labute approximate surface area is 155 Å². The van der Waals surface area contributed by atoms with Gasteiger partial charge in [0.2, 0.25) is 0 Å². The van der Waals surface area contributed by atoms with E-state index < -0.39 is 0 Å². The van der Waals surface area contributed by atoms with Gasteiger partial charge in [-0.1, -0.05) is 57.4 Å². The Morgan fingerprint density at radius 2 is 1.19 bits per heavy atom. The van der Waals surface area contributed by atoms with Gasteiger partial charge in [-0.3, -0.25) is 0 Å². The molecule has 2 aromatic heterocycles. The van der Waals surface area contributed by atoms with Crippen LogP contribution in [0.2, 0.25) is 0 Å². The van der Waals surface area contributed by atoms with Gasteiger partial charge in [-0.15, -0.1) is 0 Å². The molecule has 3 rings (SSSR count). The third-order valence-corrected chi connectivity index (χ3v) is 4.44. The second-order valence-electron chi connectivity index (χ2n) is 6.61. The summed E-state index contributed by atoms with van der Waals surface area (Å²) in [6.07, 6.45) is 14.4. The maximum Gasteiger partial charge on any atom is 0.162 e. The number of rotatable bonds is 8. The van der Waals surface area contributed by atoms with Gasteiger partial charge < -0.3 is 0 Å². The van der Waals surface area contributed by atoms with Crippen molar-refractivity contribution in [2.24, 2.45) is 0 Å². The quantitative estimate of drug-likeness (QED) is 0.520. The molecule has 0 spiro atoms. The molecule has 0 aliphatic heterocycles. The summed E-state index contributed by atoms with van der Waals surface area (Å²) in [4.78, 5) is 17.8. The van der Waals surface area contributed by atoms with E-state index in [1.54, 1.807) is 12.4 Å². The Morgan fingerprint density at radius 1 is 0.577 bits per heavy atom. The van der Waals surface area contributed by atoms with Crippen molar-refractivity contribution in [2.75, 3.05) is 0 Å². The zero-order valence-corrected chi connectivity index (χ0v) is 15.7. The van der Waals surface area contributed by atoms with Crippen LogP contribution in [0.3, 0.4) is 0 Å². The Kier molecular flexibility index (Phi) is 6.42. The molecular formula is C22H26N4. The topological polar surface area (TPSA) is 51.6 Å². The van der Waals surface area contributed by atoms with Gasteiger partial charge in [0.25, 0.3) is 0 Å². The smallest absolute Gasteiger partial charge is 0.162 e. The summed E-state index contributed by atoms with van der Waals surface area (Å²) in [5, 5.41) is 0. The van der Waals surface area contributed by atoms with Crippen molar-refractivity contribution in [3.05, 3.63) is 60.2 Å². The lowest BCUT2D eigenvalue weighted by molar-refractivity contribution is 0.717. The predicted molar refractivity (Wildman–Crippen MR) is 106 cm³/mol. The van der Waals surface area contributed by atoms with Crippen molar-refractivity contribution >= 4 is 0 Å². The van der Waals surface area contributed by atoms with E-state index in [9.17, 15) is 0 Å². The van der Waals surface area contributed by atoms with Gasteiger partial charge >= 0.3 is 0 Å². The van der Waals surface area contributed by atoms with E-state index >= 15 is 0 Å². The standard InChI is InChI=1S/C22H26N4/c1-3-5-6-8-17-9-11-19(12-10-17)21-25-15-20(16-26-21)22-23-13-18(7-4-2)14-24-22/h9-16H,3-8H2,1-2H3. The monoisotopic (exact) mass is 346 g/mol. The first-order valence-corrected chi connectivity index (χ1v) is 9.52. The summed E-state index contributed by atoms with van der Waals surface area (Å²) in [6.45, 7) is 4.38. The van der Waals surface area contributed by atoms with Gasteiger partial charge in [-0.25, -0.2) is 19.9 Å². The first-order chi connectivity index (χ1) is 12.8. The molecule has 3 aromatic rings. The average molecular weight is 346 g/mol. The van der Waals surface area contributed by atoms with E-state index in [-0.39, 0.29) is 0 Å². The second kappa shape index (κ2) is 9.18. The first kappa shape index (κ1) is 18.2. The van der Waals surface area contributed by atoms with E-state index in [4.69, 9.17) is 0 Å². The highest BCUT2D eigenvalue weighted by molar-refractivity contribution is 5.58. The lowest BCUT2D eigenvalue weighted by atomic mass is 10.1. The number of benzene rings is 1. The van der Waals surface area contributed by atoms with Gasteiger partial charge in [0.05, 0.1) is 5.56 Å². The summed E-state index contributed by atoms with van der Waals surface area (Å²) < 4.78 is 0. The fraction of sp³-hybridized carbons (Fsp3) is 0.364. The lowest BCUT2D eigenvalue weighted by Crippen LogP contribution is -1.95. The van der Waals surface area contributed by atoms with Crippen LogP contribution in [0.4, 0.5) is 0 Å². The van der Waals surface area contributed by atoms with Crippen LogP contribution < -0.4 is 0 Å². The van der Waals surface area contributed by atoms with E-state index in [1.165, 1.54) is 24.8 Å². The molecule has 0 amide bonds. The minimum atomic E-state index is 0.669. The lowest BCUT2D eigenvalue weighted by Gasteiger charge is -2.05. The molecule has 134 valence electrons. The van der Waals surface area contributed by atoms with Crippen molar-refractivity contribution < 1.29 is 0 Å². The highest BCUT2D eigenvalue weighted by atomic mass is 14.9. The van der Waals surface area contributed by atoms with Crippen molar-refractivity contribution in [3.8, 4) is 22.8 Å². The van der Waals surface area contributed by atoms with E-state index in [0.717, 1.165) is 41.8 Å². The summed E-state index contributed by atoms with van der Waals surface area (Å²) in [7, 11) is 0. The Hall–Kier alpha value is -2.62. The van der Waals surface area contributed by atoms with Crippen molar-refractivity contribution in [3.63, 3.8) is 0 Å². The molecule has 4 heteroatoms. The molecule has 0 aliphatic rings. The molecule has 0 aliphatic carbocycles. The van der Waals surface area contributed by atoms with E-state index in [1.807, 2.05) is 12.4 Å². The molecule has 0 unspecified atom stereocenters. The highest BCUT2D eigenvalue weighted by Gasteiger charge is 2.06. The maximum absolute atomic E-state index is 4.50. The van der Waals surface area contributed by atoms with Gasteiger partial charge in [0.1, 0.15) is 0 Å².